The Labute approximate surface area is 167 Å². The lowest BCUT2D eigenvalue weighted by Gasteiger charge is -2.31. The fourth-order valence-corrected chi connectivity index (χ4v) is 4.94. The Morgan fingerprint density at radius 2 is 1.85 bits per heavy atom. The van der Waals surface area contributed by atoms with E-state index in [1.165, 1.54) is 22.5 Å². The van der Waals surface area contributed by atoms with E-state index >= 15 is 0 Å². The lowest BCUT2D eigenvalue weighted by atomic mass is 9.99. The number of amides is 1. The van der Waals surface area contributed by atoms with Gasteiger partial charge in [-0.2, -0.15) is 4.31 Å². The Hall–Kier alpha value is -1.67. The summed E-state index contributed by atoms with van der Waals surface area (Å²) >= 11 is 11.9. The molecule has 27 heavy (non-hydrogen) atoms. The van der Waals surface area contributed by atoms with Crippen LogP contribution in [0.2, 0.25) is 10.0 Å². The van der Waals surface area contributed by atoms with E-state index in [2.05, 4.69) is 5.32 Å². The molecule has 1 fully saturated rings. The van der Waals surface area contributed by atoms with Gasteiger partial charge in [0, 0.05) is 18.1 Å². The average molecular weight is 431 g/mol. The number of nitrogens with one attached hydrogen (secondary N) is 1. The normalized spacial score (nSPS) is 18.3. The molecule has 144 valence electrons. The number of benzene rings is 2. The summed E-state index contributed by atoms with van der Waals surface area (Å²) in [5.41, 5.74) is 0.421. The molecule has 0 bridgehead atoms. The topological polar surface area (TPSA) is 66.5 Å². The number of anilines is 1. The lowest BCUT2D eigenvalue weighted by Crippen LogP contribution is -2.43. The van der Waals surface area contributed by atoms with E-state index < -0.39 is 21.8 Å². The van der Waals surface area contributed by atoms with Crippen molar-refractivity contribution in [3.05, 3.63) is 58.3 Å². The van der Waals surface area contributed by atoms with Crippen LogP contribution in [0.25, 0.3) is 0 Å². The van der Waals surface area contributed by atoms with Gasteiger partial charge in [0.25, 0.3) is 0 Å². The van der Waals surface area contributed by atoms with Gasteiger partial charge in [-0.1, -0.05) is 23.2 Å². The second-order valence-corrected chi connectivity index (χ2v) is 9.05. The summed E-state index contributed by atoms with van der Waals surface area (Å²) in [6.07, 6.45) is 1.11. The highest BCUT2D eigenvalue weighted by Crippen LogP contribution is 2.28. The molecular formula is C18H17Cl2FN2O3S. The maximum Gasteiger partial charge on any atom is 0.243 e. The highest BCUT2D eigenvalue weighted by atomic mass is 35.5. The molecule has 1 amide bonds. The standard InChI is InChI=1S/C18H17Cl2FN2O3S/c19-13-3-8-17(16(20)10-13)22-18(24)12-2-1-9-23(11-12)27(25,26)15-6-4-14(21)5-7-15/h3-8,10,12H,1-2,9,11H2,(H,22,24)/t12-/m1/s1. The van der Waals surface area contributed by atoms with Crippen molar-refractivity contribution in [2.24, 2.45) is 5.92 Å². The number of halogens is 3. The van der Waals surface area contributed by atoms with Crippen molar-refractivity contribution < 1.29 is 17.6 Å². The summed E-state index contributed by atoms with van der Waals surface area (Å²) in [6, 6.07) is 9.37. The molecule has 0 aromatic heterocycles. The van der Waals surface area contributed by atoms with Crippen LogP contribution >= 0.6 is 23.2 Å². The van der Waals surface area contributed by atoms with E-state index in [-0.39, 0.29) is 17.3 Å². The van der Waals surface area contributed by atoms with Crippen LogP contribution in [-0.4, -0.2) is 31.7 Å². The van der Waals surface area contributed by atoms with Crippen LogP contribution in [0, 0.1) is 11.7 Å². The van der Waals surface area contributed by atoms with E-state index in [4.69, 9.17) is 23.2 Å². The number of piperidine rings is 1. The third-order valence-corrected chi connectivity index (χ3v) is 6.82. The zero-order valence-electron chi connectivity index (χ0n) is 14.2. The van der Waals surface area contributed by atoms with Crippen LogP contribution in [0.3, 0.4) is 0 Å². The van der Waals surface area contributed by atoms with E-state index in [9.17, 15) is 17.6 Å². The maximum atomic E-state index is 13.1. The van der Waals surface area contributed by atoms with Crippen LogP contribution in [0.1, 0.15) is 12.8 Å². The molecule has 1 aliphatic rings. The van der Waals surface area contributed by atoms with Crippen molar-refractivity contribution in [2.75, 3.05) is 18.4 Å². The molecule has 2 aromatic rings. The summed E-state index contributed by atoms with van der Waals surface area (Å²) < 4.78 is 39.8. The molecule has 0 radical (unpaired) electrons. The van der Waals surface area contributed by atoms with Gasteiger partial charge in [0.2, 0.25) is 15.9 Å². The summed E-state index contributed by atoms with van der Waals surface area (Å²) in [5.74, 6) is -1.33. The second-order valence-electron chi connectivity index (χ2n) is 6.27. The lowest BCUT2D eigenvalue weighted by molar-refractivity contribution is -0.120. The predicted octanol–water partition coefficient (Wildman–Crippen LogP) is 4.17. The van der Waals surface area contributed by atoms with Gasteiger partial charge < -0.3 is 5.32 Å². The Morgan fingerprint density at radius 1 is 1.15 bits per heavy atom. The first-order valence-electron chi connectivity index (χ1n) is 8.29. The van der Waals surface area contributed by atoms with E-state index in [1.54, 1.807) is 12.1 Å². The number of sulfonamides is 1. The first kappa shape index (κ1) is 20.1. The number of carbonyl (C=O) groups excluding carboxylic acids is 1. The molecule has 0 spiro atoms. The molecule has 2 aromatic carbocycles. The summed E-state index contributed by atoms with van der Waals surface area (Å²) in [6.45, 7) is 0.363. The molecule has 1 atom stereocenters. The first-order chi connectivity index (χ1) is 12.8. The Morgan fingerprint density at radius 3 is 2.52 bits per heavy atom. The molecular weight excluding hydrogens is 414 g/mol. The van der Waals surface area contributed by atoms with Crippen LogP contribution in [0.4, 0.5) is 10.1 Å². The van der Waals surface area contributed by atoms with E-state index in [0.717, 1.165) is 12.1 Å². The van der Waals surface area contributed by atoms with Crippen molar-refractivity contribution >= 4 is 44.8 Å². The summed E-state index contributed by atoms with van der Waals surface area (Å²) in [7, 11) is -3.79. The quantitative estimate of drug-likeness (QED) is 0.790. The van der Waals surface area contributed by atoms with Crippen molar-refractivity contribution in [2.45, 2.75) is 17.7 Å². The zero-order chi connectivity index (χ0) is 19.6. The fourth-order valence-electron chi connectivity index (χ4n) is 2.96. The molecule has 3 rings (SSSR count). The maximum absolute atomic E-state index is 13.1. The fraction of sp³-hybridized carbons (Fsp3) is 0.278. The predicted molar refractivity (Wildman–Crippen MR) is 103 cm³/mol. The summed E-state index contributed by atoms with van der Waals surface area (Å²) in [4.78, 5) is 12.6. The number of carbonyl (C=O) groups is 1. The minimum absolute atomic E-state index is 0.00528. The van der Waals surface area contributed by atoms with Gasteiger partial charge in [-0.15, -0.1) is 0 Å². The van der Waals surface area contributed by atoms with Crippen molar-refractivity contribution in [1.29, 1.82) is 0 Å². The number of nitrogens with zero attached hydrogens (tertiary/aromatic N) is 1. The van der Waals surface area contributed by atoms with Crippen LogP contribution in [-0.2, 0) is 14.8 Å². The van der Waals surface area contributed by atoms with Gasteiger partial charge in [-0.05, 0) is 55.3 Å². The van der Waals surface area contributed by atoms with Crippen molar-refractivity contribution in [3.63, 3.8) is 0 Å². The van der Waals surface area contributed by atoms with Crippen LogP contribution < -0.4 is 5.32 Å². The SMILES string of the molecule is O=C(Nc1ccc(Cl)cc1Cl)[C@@H]1CCCN(S(=O)(=O)c2ccc(F)cc2)C1. The molecule has 0 unspecified atom stereocenters. The summed E-state index contributed by atoms with van der Waals surface area (Å²) in [5, 5.41) is 3.48. The van der Waals surface area contributed by atoms with Gasteiger partial charge in [0.1, 0.15) is 5.82 Å². The molecule has 0 aliphatic carbocycles. The van der Waals surface area contributed by atoms with Crippen molar-refractivity contribution in [1.82, 2.24) is 4.31 Å². The molecule has 9 heteroatoms. The molecule has 1 aliphatic heterocycles. The van der Waals surface area contributed by atoms with Gasteiger partial charge in [-0.25, -0.2) is 12.8 Å². The van der Waals surface area contributed by atoms with Crippen molar-refractivity contribution in [3.8, 4) is 0 Å². The minimum atomic E-state index is -3.79. The largest absolute Gasteiger partial charge is 0.324 e. The van der Waals surface area contributed by atoms with Gasteiger partial charge in [0.15, 0.2) is 0 Å². The molecule has 5 nitrogen and oxygen atoms in total. The zero-order valence-corrected chi connectivity index (χ0v) is 16.5. The Bertz CT molecular complexity index is 952. The smallest absolute Gasteiger partial charge is 0.243 e. The van der Waals surface area contributed by atoms with Crippen LogP contribution in [0.5, 0.6) is 0 Å². The average Bonchev–Trinajstić information content (AvgIpc) is 2.64. The second kappa shape index (κ2) is 8.14. The highest BCUT2D eigenvalue weighted by Gasteiger charge is 2.33. The number of rotatable bonds is 4. The third-order valence-electron chi connectivity index (χ3n) is 4.40. The Balaban J connectivity index is 1.73. The van der Waals surface area contributed by atoms with Gasteiger partial charge in [-0.3, -0.25) is 4.79 Å². The molecule has 1 heterocycles. The first-order valence-corrected chi connectivity index (χ1v) is 10.5. The minimum Gasteiger partial charge on any atom is -0.324 e. The van der Waals surface area contributed by atoms with Gasteiger partial charge in [0.05, 0.1) is 21.5 Å². The number of hydrogen-bond acceptors (Lipinski definition) is 3. The van der Waals surface area contributed by atoms with E-state index in [1.807, 2.05) is 0 Å². The number of hydrogen-bond donors (Lipinski definition) is 1. The molecule has 1 N–H and O–H groups in total. The van der Waals surface area contributed by atoms with E-state index in [0.29, 0.717) is 35.1 Å². The van der Waals surface area contributed by atoms with Gasteiger partial charge >= 0.3 is 0 Å². The van der Waals surface area contributed by atoms with Crippen LogP contribution in [0.15, 0.2) is 47.4 Å². The molecule has 0 saturated carbocycles. The third kappa shape index (κ3) is 4.60. The Kier molecular flexibility index (Phi) is 6.05. The molecule has 1 saturated heterocycles. The monoisotopic (exact) mass is 430 g/mol. The highest BCUT2D eigenvalue weighted by molar-refractivity contribution is 7.89.